The maximum Gasteiger partial charge on any atom is 0.181 e. The molecule has 1 fully saturated rings. The number of aliphatic hydroxyl groups excluding tert-OH is 1. The molecule has 29 heavy (non-hydrogen) atoms. The number of fused-ring (bicyclic) bond motifs is 1. The van der Waals surface area contributed by atoms with Crippen LogP contribution in [0, 0.1) is 17.7 Å². The largest absolute Gasteiger partial charge is 0.393 e. The zero-order chi connectivity index (χ0) is 20.6. The summed E-state index contributed by atoms with van der Waals surface area (Å²) in [5.74, 6) is 5.82. The summed E-state index contributed by atoms with van der Waals surface area (Å²) in [5.41, 5.74) is 7.27. The highest BCUT2D eigenvalue weighted by Crippen LogP contribution is 2.28. The zero-order valence-corrected chi connectivity index (χ0v) is 17.1. The number of nitrogen functional groups attached to an aromatic ring is 1. The number of hydrogen-bond donors (Lipinski definition) is 3. The highest BCUT2D eigenvalue weighted by Gasteiger charge is 2.11. The molecule has 3 aromatic rings. The Morgan fingerprint density at radius 2 is 2.03 bits per heavy atom. The molecule has 1 saturated carbocycles. The van der Waals surface area contributed by atoms with Crippen molar-refractivity contribution in [1.29, 1.82) is 0 Å². The van der Waals surface area contributed by atoms with Gasteiger partial charge in [0.25, 0.3) is 0 Å². The van der Waals surface area contributed by atoms with Gasteiger partial charge in [0.15, 0.2) is 5.13 Å². The molecule has 4 N–H and O–H groups in total. The van der Waals surface area contributed by atoms with Crippen molar-refractivity contribution in [2.45, 2.75) is 51.7 Å². The smallest absolute Gasteiger partial charge is 0.181 e. The number of rotatable bonds is 3. The summed E-state index contributed by atoms with van der Waals surface area (Å²) in [6.07, 6.45) is 9.07. The average molecular weight is 414 g/mol. The van der Waals surface area contributed by atoms with Crippen molar-refractivity contribution in [2.24, 2.45) is 0 Å². The summed E-state index contributed by atoms with van der Waals surface area (Å²) in [6, 6.07) is 3.44. The van der Waals surface area contributed by atoms with Gasteiger partial charge in [-0.25, -0.2) is 14.4 Å². The van der Waals surface area contributed by atoms with Crippen LogP contribution >= 0.6 is 11.3 Å². The predicted molar refractivity (Wildman–Crippen MR) is 115 cm³/mol. The molecule has 0 radical (unpaired) electrons. The normalized spacial score (nSPS) is 13.9. The maximum atomic E-state index is 14.4. The van der Waals surface area contributed by atoms with Gasteiger partial charge in [0.1, 0.15) is 17.3 Å². The predicted octanol–water partition coefficient (Wildman–Crippen LogP) is 4.10. The molecule has 0 amide bonds. The average Bonchev–Trinajstić information content (AvgIpc) is 3.11. The Labute approximate surface area is 173 Å². The van der Waals surface area contributed by atoms with Gasteiger partial charge in [-0.3, -0.25) is 4.98 Å². The Hall–Kier alpha value is -2.76. The van der Waals surface area contributed by atoms with E-state index in [4.69, 9.17) is 10.8 Å². The molecule has 6 nitrogen and oxygen atoms in total. The van der Waals surface area contributed by atoms with Gasteiger partial charge in [-0.1, -0.05) is 42.6 Å². The van der Waals surface area contributed by atoms with Crippen LogP contribution in [0.2, 0.25) is 0 Å². The Kier molecular flexibility index (Phi) is 7.33. The Morgan fingerprint density at radius 3 is 2.72 bits per heavy atom. The first-order valence-corrected chi connectivity index (χ1v) is 10.4. The van der Waals surface area contributed by atoms with E-state index in [0.29, 0.717) is 32.4 Å². The number of nitrogens with two attached hydrogens (primary N) is 1. The molecule has 2 heterocycles. The van der Waals surface area contributed by atoms with Crippen LogP contribution in [0.3, 0.4) is 0 Å². The number of benzene rings is 1. The zero-order valence-electron chi connectivity index (χ0n) is 16.3. The van der Waals surface area contributed by atoms with Crippen LogP contribution in [0.4, 0.5) is 15.3 Å². The second-order valence-electron chi connectivity index (χ2n) is 6.75. The molecule has 4 rings (SSSR count). The Morgan fingerprint density at radius 1 is 1.24 bits per heavy atom. The number of hydrogen-bond acceptors (Lipinski definition) is 7. The molecule has 152 valence electrons. The molecule has 0 spiro atoms. The molecule has 2 aromatic heterocycles. The molecule has 0 bridgehead atoms. The van der Waals surface area contributed by atoms with E-state index < -0.39 is 0 Å². The fourth-order valence-electron chi connectivity index (χ4n) is 3.06. The lowest BCUT2D eigenvalue weighted by Crippen LogP contribution is -2.09. The monoisotopic (exact) mass is 413 g/mol. The lowest BCUT2D eigenvalue weighted by Gasteiger charge is -2.14. The van der Waals surface area contributed by atoms with Gasteiger partial charge in [0, 0.05) is 12.1 Å². The first-order valence-electron chi connectivity index (χ1n) is 9.57. The minimum Gasteiger partial charge on any atom is -0.393 e. The van der Waals surface area contributed by atoms with Gasteiger partial charge < -0.3 is 16.2 Å². The first-order chi connectivity index (χ1) is 14.1. The second-order valence-corrected chi connectivity index (χ2v) is 7.78. The van der Waals surface area contributed by atoms with Crippen molar-refractivity contribution in [3.8, 4) is 11.8 Å². The molecule has 0 saturated heterocycles. The number of halogens is 1. The molecule has 0 atom stereocenters. The molecule has 1 aliphatic carbocycles. The van der Waals surface area contributed by atoms with Crippen molar-refractivity contribution in [3.05, 3.63) is 41.6 Å². The third-order valence-electron chi connectivity index (χ3n) is 4.52. The fourth-order valence-corrected chi connectivity index (χ4v) is 3.85. The fraction of sp³-hybridized carbons (Fsp3) is 0.381. The molecular weight excluding hydrogens is 389 g/mol. The van der Waals surface area contributed by atoms with Gasteiger partial charge >= 0.3 is 0 Å². The maximum absolute atomic E-state index is 14.4. The van der Waals surface area contributed by atoms with Crippen molar-refractivity contribution in [3.63, 3.8) is 0 Å². The van der Waals surface area contributed by atoms with Gasteiger partial charge in [0.05, 0.1) is 28.7 Å². The molecule has 0 unspecified atom stereocenters. The molecule has 0 aliphatic heterocycles. The summed E-state index contributed by atoms with van der Waals surface area (Å²) in [5, 5.41) is 12.3. The molecule has 8 heteroatoms. The van der Waals surface area contributed by atoms with Crippen LogP contribution in [-0.4, -0.2) is 26.2 Å². The number of nitrogens with one attached hydrogen (secondary N) is 1. The van der Waals surface area contributed by atoms with Gasteiger partial charge in [-0.2, -0.15) is 0 Å². The minimum absolute atomic E-state index is 0.0359. The van der Waals surface area contributed by atoms with Gasteiger partial charge in [-0.15, -0.1) is 0 Å². The number of aliphatic hydroxyl groups is 1. The Bertz CT molecular complexity index is 1020. The summed E-state index contributed by atoms with van der Waals surface area (Å²) in [4.78, 5) is 12.4. The van der Waals surface area contributed by atoms with Crippen molar-refractivity contribution in [1.82, 2.24) is 15.0 Å². The second kappa shape index (κ2) is 10.1. The van der Waals surface area contributed by atoms with Crippen LogP contribution < -0.4 is 11.1 Å². The standard InChI is InChI=1S/C15H12FN5S.C6H12O/c1-2-3-10-7-18-8-12(20-10)19-6-9-4-5-11-14(13(9)16)22-15(17)21-11;7-6-4-2-1-3-5-6/h4-5,7-8H,6H2,1H3,(H2,17,21)(H,19,20);6-7H,1-5H2. The van der Waals surface area contributed by atoms with Crippen molar-refractivity contribution >= 4 is 32.5 Å². The molecule has 1 aromatic carbocycles. The van der Waals surface area contributed by atoms with E-state index in [-0.39, 0.29) is 18.5 Å². The third-order valence-corrected chi connectivity index (χ3v) is 5.41. The Balaban J connectivity index is 0.000000290. The highest BCUT2D eigenvalue weighted by molar-refractivity contribution is 7.22. The third kappa shape index (κ3) is 5.86. The van der Waals surface area contributed by atoms with Crippen molar-refractivity contribution in [2.75, 3.05) is 11.1 Å². The van der Waals surface area contributed by atoms with E-state index in [2.05, 4.69) is 32.1 Å². The quantitative estimate of drug-likeness (QED) is 0.559. The summed E-state index contributed by atoms with van der Waals surface area (Å²) in [7, 11) is 0. The van der Waals surface area contributed by atoms with Crippen LogP contribution in [0.5, 0.6) is 0 Å². The number of nitrogens with zero attached hydrogens (tertiary/aromatic N) is 3. The van der Waals surface area contributed by atoms with Crippen LogP contribution in [-0.2, 0) is 6.54 Å². The van der Waals surface area contributed by atoms with E-state index in [0.717, 1.165) is 24.2 Å². The van der Waals surface area contributed by atoms with E-state index in [1.54, 1.807) is 31.5 Å². The lowest BCUT2D eigenvalue weighted by atomic mass is 9.98. The van der Waals surface area contributed by atoms with Crippen LogP contribution in [0.1, 0.15) is 50.3 Å². The van der Waals surface area contributed by atoms with Gasteiger partial charge in [0.2, 0.25) is 0 Å². The van der Waals surface area contributed by atoms with Gasteiger partial charge in [-0.05, 0) is 31.8 Å². The number of aromatic nitrogens is 3. The summed E-state index contributed by atoms with van der Waals surface area (Å²) in [6.45, 7) is 2.02. The SMILES string of the molecule is CC#Cc1cncc(NCc2ccc3nc(N)sc3c2F)n1.OC1CCCCC1. The van der Waals surface area contributed by atoms with E-state index in [1.165, 1.54) is 19.3 Å². The molecule has 1 aliphatic rings. The first kappa shape index (κ1) is 21.0. The van der Waals surface area contributed by atoms with E-state index in [1.807, 2.05) is 0 Å². The van der Waals surface area contributed by atoms with Crippen LogP contribution in [0.15, 0.2) is 24.5 Å². The lowest BCUT2D eigenvalue weighted by molar-refractivity contribution is 0.130. The molecular formula is C21H24FN5OS. The minimum atomic E-state index is -0.309. The summed E-state index contributed by atoms with van der Waals surface area (Å²) >= 11 is 1.14. The highest BCUT2D eigenvalue weighted by atomic mass is 32.1. The number of anilines is 2. The van der Waals surface area contributed by atoms with E-state index in [9.17, 15) is 4.39 Å². The van der Waals surface area contributed by atoms with E-state index >= 15 is 0 Å². The number of thiazole rings is 1. The van der Waals surface area contributed by atoms with Crippen LogP contribution in [0.25, 0.3) is 10.2 Å². The summed E-state index contributed by atoms with van der Waals surface area (Å²) < 4.78 is 14.9. The topological polar surface area (TPSA) is 97.0 Å². The van der Waals surface area contributed by atoms with Crippen molar-refractivity contribution < 1.29 is 9.50 Å².